The van der Waals surface area contributed by atoms with Crippen molar-refractivity contribution in [3.63, 3.8) is 0 Å². The molecule has 0 radical (unpaired) electrons. The summed E-state index contributed by atoms with van der Waals surface area (Å²) in [5, 5.41) is 0. The molecule has 2 aromatic carbocycles. The normalized spacial score (nSPS) is 13.0. The monoisotopic (exact) mass is 863 g/mol. The Balaban J connectivity index is 1.53. The summed E-state index contributed by atoms with van der Waals surface area (Å²) >= 11 is 0. The molecular formula is C61H102N2. The molecule has 0 saturated carbocycles. The molecule has 0 amide bonds. The Morgan fingerprint density at radius 3 is 0.825 bits per heavy atom. The molecule has 0 atom stereocenters. The molecule has 0 aromatic heterocycles. The number of nitrogens with zero attached hydrogens (tertiary/aromatic N) is 2. The van der Waals surface area contributed by atoms with Gasteiger partial charge in [0.2, 0.25) is 11.4 Å². The van der Waals surface area contributed by atoms with Crippen LogP contribution in [0.2, 0.25) is 0 Å². The zero-order chi connectivity index (χ0) is 44.8. The van der Waals surface area contributed by atoms with Gasteiger partial charge in [0.05, 0.1) is 0 Å². The van der Waals surface area contributed by atoms with Gasteiger partial charge in [-0.25, -0.2) is 4.70 Å². The van der Waals surface area contributed by atoms with E-state index in [1.165, 1.54) is 271 Å². The van der Waals surface area contributed by atoms with Crippen LogP contribution >= 0.6 is 0 Å². The summed E-state index contributed by atoms with van der Waals surface area (Å²) in [7, 11) is 0. The van der Waals surface area contributed by atoms with E-state index in [0.29, 0.717) is 0 Å². The van der Waals surface area contributed by atoms with E-state index < -0.39 is 0 Å². The van der Waals surface area contributed by atoms with Crippen LogP contribution in [0, 0.1) is 0 Å². The van der Waals surface area contributed by atoms with E-state index in [0.717, 1.165) is 37.1 Å². The summed E-state index contributed by atoms with van der Waals surface area (Å²) in [4.78, 5) is 0. The fourth-order valence-corrected chi connectivity index (χ4v) is 10.2. The van der Waals surface area contributed by atoms with Gasteiger partial charge in [0.25, 0.3) is 0 Å². The van der Waals surface area contributed by atoms with E-state index >= 15 is 0 Å². The van der Waals surface area contributed by atoms with Gasteiger partial charge in [-0.1, -0.05) is 264 Å². The van der Waals surface area contributed by atoms with Crippen LogP contribution in [0.25, 0.3) is 16.9 Å². The Bertz CT molecular complexity index is 1490. The second-order valence-electron chi connectivity index (χ2n) is 20.0. The smallest absolute Gasteiger partial charge is 0.211 e. The highest BCUT2D eigenvalue weighted by Crippen LogP contribution is 2.45. The van der Waals surface area contributed by atoms with Gasteiger partial charge in [0.15, 0.2) is 0 Å². The van der Waals surface area contributed by atoms with Crippen LogP contribution in [0.1, 0.15) is 300 Å². The first-order chi connectivity index (χ1) is 31.1. The van der Waals surface area contributed by atoms with Crippen LogP contribution in [0.4, 0.5) is 0 Å². The first-order valence-electron chi connectivity index (χ1n) is 28.3. The summed E-state index contributed by atoms with van der Waals surface area (Å²) in [6.07, 6.45) is 55.0. The minimum atomic E-state index is 1.04. The molecule has 2 aromatic rings. The third kappa shape index (κ3) is 24.0. The highest BCUT2D eigenvalue weighted by Gasteiger charge is 2.35. The maximum atomic E-state index is 12.4. The van der Waals surface area contributed by atoms with Gasteiger partial charge in [-0.3, -0.25) is 0 Å². The standard InChI is InChI=1S/C61H102N2/c1-5-9-13-17-19-20-21-22-23-24-25-26-27-28-29-30-31-32-33-34-35-37-41-51-59-58(50-40-16-12-8-4)60(57-49-43-47-55(53-57)45-39-36-18-14-10-6-2)63(62)61(59)56-48-42-46-54(52-56)44-38-15-11-7-3/h42-43,46-49,52-53H,5-41,44-45,50-51H2,1-4H3. The van der Waals surface area contributed by atoms with Crippen molar-refractivity contribution in [3.8, 4) is 0 Å². The van der Waals surface area contributed by atoms with Gasteiger partial charge >= 0.3 is 0 Å². The van der Waals surface area contributed by atoms with E-state index in [1.54, 1.807) is 4.70 Å². The SMILES string of the molecule is CCCCCCCCCCCCCCCCCCCCCCCCCC1=C(c2cccc(CCCCCC)c2)[N+](=[N-])C(c2cccc(CCCCCCCC)c2)=C1CCCCCC. The molecule has 0 unspecified atom stereocenters. The number of rotatable bonds is 43. The number of allylic oxidation sites excluding steroid dienone is 2. The molecule has 63 heavy (non-hydrogen) atoms. The van der Waals surface area contributed by atoms with E-state index in [2.05, 4.69) is 76.2 Å². The zero-order valence-corrected chi connectivity index (χ0v) is 42.5. The fourth-order valence-electron chi connectivity index (χ4n) is 10.2. The maximum Gasteiger partial charge on any atom is 0.211 e. The molecule has 0 aliphatic carbocycles. The first-order valence-corrected chi connectivity index (χ1v) is 28.3. The molecule has 1 heterocycles. The first kappa shape index (κ1) is 54.9. The zero-order valence-electron chi connectivity index (χ0n) is 42.5. The average molecular weight is 864 g/mol. The van der Waals surface area contributed by atoms with E-state index in [1.807, 2.05) is 0 Å². The molecular weight excluding hydrogens is 761 g/mol. The van der Waals surface area contributed by atoms with Gasteiger partial charge in [-0.05, 0) is 86.8 Å². The molecule has 2 nitrogen and oxygen atoms in total. The predicted molar refractivity (Wildman–Crippen MR) is 281 cm³/mol. The molecule has 3 rings (SSSR count). The summed E-state index contributed by atoms with van der Waals surface area (Å²) in [5.74, 6) is 0. The lowest BCUT2D eigenvalue weighted by Gasteiger charge is -2.12. The van der Waals surface area contributed by atoms with Gasteiger partial charge in [-0.15, -0.1) is 0 Å². The van der Waals surface area contributed by atoms with E-state index in [9.17, 15) is 5.53 Å². The summed E-state index contributed by atoms with van der Waals surface area (Å²) in [6, 6.07) is 18.4. The minimum absolute atomic E-state index is 1.04. The van der Waals surface area contributed by atoms with Crippen molar-refractivity contribution in [3.05, 3.63) is 87.5 Å². The molecule has 1 aliphatic rings. The lowest BCUT2D eigenvalue weighted by molar-refractivity contribution is -0.345. The molecule has 0 fully saturated rings. The maximum absolute atomic E-state index is 12.4. The van der Waals surface area contributed by atoms with Crippen LogP contribution in [-0.4, -0.2) is 4.70 Å². The Labute approximate surface area is 392 Å². The number of benzene rings is 2. The fraction of sp³-hybridized carbons (Fsp3) is 0.738. The van der Waals surface area contributed by atoms with E-state index in [-0.39, 0.29) is 0 Å². The third-order valence-corrected chi connectivity index (χ3v) is 14.2. The number of unbranched alkanes of at least 4 members (excludes halogenated alkanes) is 33. The average Bonchev–Trinajstić information content (AvgIpc) is 3.58. The van der Waals surface area contributed by atoms with Crippen LogP contribution in [-0.2, 0) is 12.8 Å². The lowest BCUT2D eigenvalue weighted by atomic mass is 9.90. The molecule has 356 valence electrons. The number of hydrogen-bond donors (Lipinski definition) is 0. The van der Waals surface area contributed by atoms with Gasteiger partial charge in [0, 0.05) is 22.3 Å². The molecule has 0 spiro atoms. The van der Waals surface area contributed by atoms with Crippen molar-refractivity contribution in [2.75, 3.05) is 0 Å². The Hall–Kier alpha value is -2.48. The van der Waals surface area contributed by atoms with Crippen molar-refractivity contribution >= 4 is 11.4 Å². The van der Waals surface area contributed by atoms with Crippen LogP contribution < -0.4 is 0 Å². The van der Waals surface area contributed by atoms with Crippen molar-refractivity contribution < 1.29 is 4.70 Å². The van der Waals surface area contributed by atoms with Gasteiger partial charge in [0.1, 0.15) is 0 Å². The van der Waals surface area contributed by atoms with Crippen LogP contribution in [0.3, 0.4) is 0 Å². The second-order valence-corrected chi connectivity index (χ2v) is 20.0. The predicted octanol–water partition coefficient (Wildman–Crippen LogP) is 21.2. The largest absolute Gasteiger partial charge is 0.493 e. The lowest BCUT2D eigenvalue weighted by Crippen LogP contribution is -2.03. The Morgan fingerprint density at radius 2 is 0.540 bits per heavy atom. The highest BCUT2D eigenvalue weighted by molar-refractivity contribution is 5.82. The summed E-state index contributed by atoms with van der Waals surface area (Å²) < 4.78 is 1.64. The number of hydrogen-bond acceptors (Lipinski definition) is 0. The highest BCUT2D eigenvalue weighted by atomic mass is 15.2. The van der Waals surface area contributed by atoms with Crippen molar-refractivity contribution in [2.45, 2.75) is 291 Å². The van der Waals surface area contributed by atoms with Crippen molar-refractivity contribution in [1.29, 1.82) is 0 Å². The topological polar surface area (TPSA) is 25.3 Å². The molecule has 2 heteroatoms. The minimum Gasteiger partial charge on any atom is -0.493 e. The van der Waals surface area contributed by atoms with Crippen molar-refractivity contribution in [1.82, 2.24) is 0 Å². The second kappa shape index (κ2) is 37.7. The molecule has 1 aliphatic heterocycles. The Morgan fingerprint density at radius 1 is 0.302 bits per heavy atom. The third-order valence-electron chi connectivity index (χ3n) is 14.2. The van der Waals surface area contributed by atoms with Gasteiger partial charge < -0.3 is 5.53 Å². The van der Waals surface area contributed by atoms with Crippen LogP contribution in [0.5, 0.6) is 0 Å². The molecule has 0 N–H and O–H groups in total. The van der Waals surface area contributed by atoms with E-state index in [4.69, 9.17) is 0 Å². The summed E-state index contributed by atoms with van der Waals surface area (Å²) in [6.45, 7) is 9.21. The molecule has 0 bridgehead atoms. The van der Waals surface area contributed by atoms with Crippen LogP contribution in [0.15, 0.2) is 59.7 Å². The Kier molecular flexibility index (Phi) is 32.8. The summed E-state index contributed by atoms with van der Waals surface area (Å²) in [5.41, 5.74) is 22.6. The molecule has 0 saturated heterocycles. The van der Waals surface area contributed by atoms with Crippen molar-refractivity contribution in [2.24, 2.45) is 0 Å². The number of aryl methyl sites for hydroxylation is 2. The quantitative estimate of drug-likeness (QED) is 0.0469. The van der Waals surface area contributed by atoms with Gasteiger partial charge in [-0.2, -0.15) is 0 Å².